The fraction of sp³-hybridized carbons (Fsp3) is 0.533. The second-order valence-electron chi connectivity index (χ2n) is 5.89. The zero-order valence-corrected chi connectivity index (χ0v) is 11.1. The summed E-state index contributed by atoms with van der Waals surface area (Å²) in [5.41, 5.74) is 7.22. The van der Waals surface area contributed by atoms with Crippen molar-refractivity contribution in [1.29, 1.82) is 0 Å². The number of carbonyl (C=O) groups excluding carboxylic acids is 1. The van der Waals surface area contributed by atoms with Crippen LogP contribution in [0.5, 0.6) is 0 Å². The van der Waals surface area contributed by atoms with Crippen LogP contribution in [-0.2, 0) is 4.79 Å². The van der Waals surface area contributed by atoms with Crippen LogP contribution in [0.15, 0.2) is 30.3 Å². The third kappa shape index (κ3) is 2.42. The van der Waals surface area contributed by atoms with Crippen LogP contribution in [0.2, 0.25) is 0 Å². The zero-order chi connectivity index (χ0) is 14.3. The van der Waals surface area contributed by atoms with Gasteiger partial charge < -0.3 is 10.6 Å². The van der Waals surface area contributed by atoms with Gasteiger partial charge in [0.15, 0.2) is 0 Å². The third-order valence-corrected chi connectivity index (χ3v) is 4.34. The molecule has 1 aliphatic heterocycles. The first-order valence-electron chi connectivity index (χ1n) is 6.93. The highest BCUT2D eigenvalue weighted by molar-refractivity contribution is 5.80. The van der Waals surface area contributed by atoms with Crippen molar-refractivity contribution >= 4 is 5.91 Å². The van der Waals surface area contributed by atoms with Crippen molar-refractivity contribution in [1.82, 2.24) is 4.90 Å². The number of benzene rings is 1. The number of carbonyl (C=O) groups is 1. The summed E-state index contributed by atoms with van der Waals surface area (Å²) in [4.78, 5) is 13.8. The van der Waals surface area contributed by atoms with E-state index >= 15 is 0 Å². The second-order valence-corrected chi connectivity index (χ2v) is 5.89. The molecule has 0 radical (unpaired) electrons. The van der Waals surface area contributed by atoms with Gasteiger partial charge in [-0.2, -0.15) is 0 Å². The van der Waals surface area contributed by atoms with Crippen LogP contribution in [0.4, 0.5) is 8.78 Å². The van der Waals surface area contributed by atoms with Crippen LogP contribution in [0.25, 0.3) is 0 Å². The van der Waals surface area contributed by atoms with E-state index in [-0.39, 0.29) is 30.7 Å². The Hall–Kier alpha value is -1.49. The lowest BCUT2D eigenvalue weighted by Crippen LogP contribution is -2.46. The first-order chi connectivity index (χ1) is 9.46. The molecule has 3 rings (SSSR count). The molecule has 0 aromatic heterocycles. The molecule has 1 saturated heterocycles. The van der Waals surface area contributed by atoms with Gasteiger partial charge in [0.1, 0.15) is 0 Å². The van der Waals surface area contributed by atoms with Gasteiger partial charge in [-0.05, 0) is 5.56 Å². The molecule has 20 heavy (non-hydrogen) atoms. The van der Waals surface area contributed by atoms with E-state index in [1.54, 1.807) is 4.90 Å². The van der Waals surface area contributed by atoms with E-state index in [1.165, 1.54) is 0 Å². The van der Waals surface area contributed by atoms with Crippen molar-refractivity contribution in [3.63, 3.8) is 0 Å². The number of likely N-dealkylation sites (tertiary alicyclic amines) is 1. The molecular formula is C15H18F2N2O. The monoisotopic (exact) mass is 280 g/mol. The maximum Gasteiger partial charge on any atom is 0.249 e. The lowest BCUT2D eigenvalue weighted by atomic mass is 9.80. The van der Waals surface area contributed by atoms with Crippen LogP contribution < -0.4 is 5.73 Å². The number of amides is 1. The van der Waals surface area contributed by atoms with E-state index in [0.29, 0.717) is 13.1 Å². The van der Waals surface area contributed by atoms with Gasteiger partial charge in [-0.15, -0.1) is 0 Å². The number of alkyl halides is 2. The quantitative estimate of drug-likeness (QED) is 0.900. The largest absolute Gasteiger partial charge is 0.340 e. The average molecular weight is 280 g/mol. The first-order valence-corrected chi connectivity index (χ1v) is 6.93. The summed E-state index contributed by atoms with van der Waals surface area (Å²) < 4.78 is 25.7. The fourth-order valence-corrected chi connectivity index (χ4v) is 3.16. The van der Waals surface area contributed by atoms with Gasteiger partial charge in [0.05, 0.1) is 0 Å². The lowest BCUT2D eigenvalue weighted by Gasteiger charge is -2.36. The number of halogens is 2. The van der Waals surface area contributed by atoms with E-state index in [2.05, 4.69) is 0 Å². The molecule has 1 heterocycles. The minimum atomic E-state index is -2.65. The Bertz CT molecular complexity index is 498. The molecule has 0 bridgehead atoms. The molecule has 3 nitrogen and oxygen atoms in total. The molecule has 1 amide bonds. The van der Waals surface area contributed by atoms with Crippen LogP contribution in [0.1, 0.15) is 24.3 Å². The normalized spacial score (nSPS) is 29.2. The Balaban J connectivity index is 1.65. The lowest BCUT2D eigenvalue weighted by molar-refractivity contribution is -0.158. The number of hydrogen-bond donors (Lipinski definition) is 1. The highest BCUT2D eigenvalue weighted by Gasteiger charge is 2.50. The number of rotatable bonds is 2. The highest BCUT2D eigenvalue weighted by Crippen LogP contribution is 2.44. The Morgan fingerprint density at radius 1 is 1.20 bits per heavy atom. The summed E-state index contributed by atoms with van der Waals surface area (Å²) in [6, 6.07) is 9.69. The minimum Gasteiger partial charge on any atom is -0.340 e. The van der Waals surface area contributed by atoms with Gasteiger partial charge in [-0.3, -0.25) is 4.79 Å². The average Bonchev–Trinajstić information content (AvgIpc) is 2.78. The van der Waals surface area contributed by atoms with E-state index < -0.39 is 11.8 Å². The fourth-order valence-electron chi connectivity index (χ4n) is 3.16. The van der Waals surface area contributed by atoms with Gasteiger partial charge in [0, 0.05) is 43.8 Å². The molecule has 1 aromatic rings. The Kier molecular flexibility index (Phi) is 3.24. The molecule has 0 unspecified atom stereocenters. The molecule has 2 N–H and O–H groups in total. The van der Waals surface area contributed by atoms with Crippen molar-refractivity contribution in [2.75, 3.05) is 13.1 Å². The molecule has 2 atom stereocenters. The van der Waals surface area contributed by atoms with E-state index in [1.807, 2.05) is 30.3 Å². The van der Waals surface area contributed by atoms with Crippen molar-refractivity contribution in [3.05, 3.63) is 35.9 Å². The number of nitrogens with two attached hydrogens (primary N) is 1. The third-order valence-electron chi connectivity index (χ3n) is 4.34. The molecule has 0 spiro atoms. The van der Waals surface area contributed by atoms with Crippen LogP contribution in [0.3, 0.4) is 0 Å². The van der Waals surface area contributed by atoms with Gasteiger partial charge in [0.2, 0.25) is 11.8 Å². The zero-order valence-electron chi connectivity index (χ0n) is 11.1. The smallest absolute Gasteiger partial charge is 0.249 e. The maximum atomic E-state index is 12.9. The number of hydrogen-bond acceptors (Lipinski definition) is 2. The summed E-state index contributed by atoms with van der Waals surface area (Å²) in [6.45, 7) is 0.993. The van der Waals surface area contributed by atoms with Crippen LogP contribution >= 0.6 is 0 Å². The summed E-state index contributed by atoms with van der Waals surface area (Å²) in [5, 5.41) is 0. The van der Waals surface area contributed by atoms with Crippen LogP contribution in [0, 0.1) is 5.92 Å². The van der Waals surface area contributed by atoms with Crippen molar-refractivity contribution in [2.24, 2.45) is 11.7 Å². The summed E-state index contributed by atoms with van der Waals surface area (Å²) in [5.74, 6) is -3.24. The summed E-state index contributed by atoms with van der Waals surface area (Å²) in [6.07, 6.45) is -0.624. The molecule has 1 aliphatic carbocycles. The first kappa shape index (κ1) is 13.5. The Morgan fingerprint density at radius 2 is 1.85 bits per heavy atom. The summed E-state index contributed by atoms with van der Waals surface area (Å²) in [7, 11) is 0. The highest BCUT2D eigenvalue weighted by atomic mass is 19.3. The predicted octanol–water partition coefficient (Wildman–Crippen LogP) is 1.98. The van der Waals surface area contributed by atoms with E-state index in [9.17, 15) is 13.6 Å². The topological polar surface area (TPSA) is 46.3 Å². The summed E-state index contributed by atoms with van der Waals surface area (Å²) >= 11 is 0. The van der Waals surface area contributed by atoms with Crippen LogP contribution in [-0.4, -0.2) is 35.9 Å². The minimum absolute atomic E-state index is 0.0979. The van der Waals surface area contributed by atoms with Gasteiger partial charge >= 0.3 is 0 Å². The van der Waals surface area contributed by atoms with E-state index in [4.69, 9.17) is 5.73 Å². The standard InChI is InChI=1S/C15H18F2N2O/c16-15(17)6-11(7-15)14(20)19-8-12(13(18)9-19)10-4-2-1-3-5-10/h1-5,11-13H,6-9,18H2/t12-,13+/m0/s1. The van der Waals surface area contributed by atoms with Gasteiger partial charge in [0.25, 0.3) is 0 Å². The molecule has 5 heteroatoms. The molecule has 1 saturated carbocycles. The Morgan fingerprint density at radius 3 is 2.45 bits per heavy atom. The van der Waals surface area contributed by atoms with Crippen molar-refractivity contribution in [2.45, 2.75) is 30.7 Å². The predicted molar refractivity (Wildman–Crippen MR) is 71.4 cm³/mol. The maximum absolute atomic E-state index is 12.9. The molecule has 108 valence electrons. The van der Waals surface area contributed by atoms with Crippen molar-refractivity contribution in [3.8, 4) is 0 Å². The molecule has 2 aliphatic rings. The molecule has 2 fully saturated rings. The van der Waals surface area contributed by atoms with Gasteiger partial charge in [-0.1, -0.05) is 30.3 Å². The molecule has 1 aromatic carbocycles. The van der Waals surface area contributed by atoms with E-state index in [0.717, 1.165) is 5.56 Å². The molecular weight excluding hydrogens is 262 g/mol. The van der Waals surface area contributed by atoms with Gasteiger partial charge in [-0.25, -0.2) is 8.78 Å². The SMILES string of the molecule is N[C@@H]1CN(C(=O)C2CC(F)(F)C2)C[C@H]1c1ccccc1. The second kappa shape index (κ2) is 4.81. The number of nitrogens with zero attached hydrogens (tertiary/aromatic N) is 1. The van der Waals surface area contributed by atoms with Crippen molar-refractivity contribution < 1.29 is 13.6 Å². The Labute approximate surface area is 116 Å².